The van der Waals surface area contributed by atoms with Crippen molar-refractivity contribution in [2.75, 3.05) is 13.2 Å². The van der Waals surface area contributed by atoms with Crippen molar-refractivity contribution >= 4 is 15.9 Å². The van der Waals surface area contributed by atoms with Crippen molar-refractivity contribution in [3.8, 4) is 0 Å². The van der Waals surface area contributed by atoms with Crippen molar-refractivity contribution in [3.63, 3.8) is 0 Å². The Balaban J connectivity index is 2.33. The van der Waals surface area contributed by atoms with Gasteiger partial charge in [0.25, 0.3) is 0 Å². The third-order valence-electron chi connectivity index (χ3n) is 1.86. The summed E-state index contributed by atoms with van der Waals surface area (Å²) < 4.78 is 24.3. The molecular formula is C9H8BrFO2. The quantitative estimate of drug-likeness (QED) is 0.759. The molecule has 1 aliphatic heterocycles. The second-order valence-corrected chi connectivity index (χ2v) is 3.57. The van der Waals surface area contributed by atoms with E-state index >= 15 is 0 Å². The van der Waals surface area contributed by atoms with Crippen molar-refractivity contribution < 1.29 is 13.9 Å². The number of halogens is 2. The number of hydrogen-bond donors (Lipinski definition) is 0. The monoisotopic (exact) mass is 246 g/mol. The summed E-state index contributed by atoms with van der Waals surface area (Å²) in [5, 5.41) is 0. The normalized spacial score (nSPS) is 18.0. The first-order valence-electron chi connectivity index (χ1n) is 3.96. The van der Waals surface area contributed by atoms with E-state index < -0.39 is 6.29 Å². The van der Waals surface area contributed by atoms with E-state index in [-0.39, 0.29) is 5.82 Å². The van der Waals surface area contributed by atoms with E-state index in [1.807, 2.05) is 0 Å². The third-order valence-corrected chi connectivity index (χ3v) is 2.47. The lowest BCUT2D eigenvalue weighted by Gasteiger charge is -2.10. The summed E-state index contributed by atoms with van der Waals surface area (Å²) in [5.74, 6) is -0.311. The van der Waals surface area contributed by atoms with Crippen LogP contribution in [0.2, 0.25) is 0 Å². The van der Waals surface area contributed by atoms with Crippen LogP contribution in [0.5, 0.6) is 0 Å². The standard InChI is InChI=1S/C9H8BrFO2/c10-7-3-1-2-6(8(7)11)9-12-4-5-13-9/h1-3,9H,4-5H2. The summed E-state index contributed by atoms with van der Waals surface area (Å²) in [7, 11) is 0. The second kappa shape index (κ2) is 3.74. The smallest absolute Gasteiger partial charge is 0.186 e. The molecule has 0 unspecified atom stereocenters. The highest BCUT2D eigenvalue weighted by Crippen LogP contribution is 2.28. The van der Waals surface area contributed by atoms with Crippen LogP contribution in [-0.2, 0) is 9.47 Å². The van der Waals surface area contributed by atoms with Crippen LogP contribution in [0, 0.1) is 5.82 Å². The molecular weight excluding hydrogens is 239 g/mol. The van der Waals surface area contributed by atoms with Crippen molar-refractivity contribution in [1.29, 1.82) is 0 Å². The van der Waals surface area contributed by atoms with Crippen molar-refractivity contribution in [1.82, 2.24) is 0 Å². The lowest BCUT2D eigenvalue weighted by molar-refractivity contribution is -0.0465. The first-order chi connectivity index (χ1) is 6.29. The van der Waals surface area contributed by atoms with Crippen LogP contribution in [0.1, 0.15) is 11.9 Å². The number of rotatable bonds is 1. The van der Waals surface area contributed by atoms with Crippen molar-refractivity contribution in [3.05, 3.63) is 34.1 Å². The lowest BCUT2D eigenvalue weighted by Crippen LogP contribution is -2.01. The van der Waals surface area contributed by atoms with Gasteiger partial charge in [0.2, 0.25) is 0 Å². The number of ether oxygens (including phenoxy) is 2. The maximum Gasteiger partial charge on any atom is 0.186 e. The SMILES string of the molecule is Fc1c(Br)cccc1C1OCCO1. The van der Waals surface area contributed by atoms with E-state index in [1.165, 1.54) is 0 Å². The van der Waals surface area contributed by atoms with E-state index in [4.69, 9.17) is 9.47 Å². The Morgan fingerprint density at radius 3 is 2.69 bits per heavy atom. The van der Waals surface area contributed by atoms with Gasteiger partial charge < -0.3 is 9.47 Å². The minimum atomic E-state index is -0.544. The summed E-state index contributed by atoms with van der Waals surface area (Å²) in [6.07, 6.45) is -0.544. The highest BCUT2D eigenvalue weighted by Gasteiger charge is 2.22. The Morgan fingerprint density at radius 1 is 1.31 bits per heavy atom. The Morgan fingerprint density at radius 2 is 2.00 bits per heavy atom. The van der Waals surface area contributed by atoms with Crippen molar-refractivity contribution in [2.24, 2.45) is 0 Å². The summed E-state index contributed by atoms with van der Waals surface area (Å²) in [4.78, 5) is 0. The molecule has 2 nitrogen and oxygen atoms in total. The molecule has 4 heteroatoms. The predicted octanol–water partition coefficient (Wildman–Crippen LogP) is 2.63. The minimum absolute atomic E-state index is 0.311. The average Bonchev–Trinajstić information content (AvgIpc) is 2.62. The van der Waals surface area contributed by atoms with Crippen LogP contribution in [0.3, 0.4) is 0 Å². The van der Waals surface area contributed by atoms with Gasteiger partial charge in [0, 0.05) is 5.56 Å². The molecule has 0 aliphatic carbocycles. The average molecular weight is 247 g/mol. The summed E-state index contributed by atoms with van der Waals surface area (Å²) in [5.41, 5.74) is 0.451. The van der Waals surface area contributed by atoms with Gasteiger partial charge in [-0.1, -0.05) is 12.1 Å². The number of hydrogen-bond acceptors (Lipinski definition) is 2. The fraction of sp³-hybridized carbons (Fsp3) is 0.333. The molecule has 1 aliphatic rings. The Kier molecular flexibility index (Phi) is 2.62. The first-order valence-corrected chi connectivity index (χ1v) is 4.75. The van der Waals surface area contributed by atoms with Crippen LogP contribution in [-0.4, -0.2) is 13.2 Å². The Hall–Kier alpha value is -0.450. The molecule has 0 bridgehead atoms. The Bertz CT molecular complexity index is 310. The molecule has 13 heavy (non-hydrogen) atoms. The molecule has 1 aromatic carbocycles. The first kappa shape index (κ1) is 9.12. The third kappa shape index (κ3) is 1.75. The van der Waals surface area contributed by atoms with Gasteiger partial charge in [0.1, 0.15) is 5.82 Å². The maximum atomic E-state index is 13.4. The summed E-state index contributed by atoms with van der Waals surface area (Å²) >= 11 is 3.11. The molecule has 1 aromatic rings. The summed E-state index contributed by atoms with van der Waals surface area (Å²) in [6, 6.07) is 5.07. The van der Waals surface area contributed by atoms with Gasteiger partial charge in [-0.05, 0) is 22.0 Å². The zero-order valence-electron chi connectivity index (χ0n) is 6.80. The minimum Gasteiger partial charge on any atom is -0.346 e. The van der Waals surface area contributed by atoms with Gasteiger partial charge >= 0.3 is 0 Å². The Labute approximate surface area is 83.8 Å². The van der Waals surface area contributed by atoms with Gasteiger partial charge in [0.05, 0.1) is 17.7 Å². The molecule has 0 saturated carbocycles. The molecule has 1 heterocycles. The van der Waals surface area contributed by atoms with Gasteiger partial charge in [-0.2, -0.15) is 0 Å². The van der Waals surface area contributed by atoms with Gasteiger partial charge in [-0.25, -0.2) is 4.39 Å². The molecule has 0 N–H and O–H groups in total. The molecule has 0 radical (unpaired) electrons. The summed E-state index contributed by atoms with van der Waals surface area (Å²) in [6.45, 7) is 1.05. The van der Waals surface area contributed by atoms with Gasteiger partial charge in [-0.3, -0.25) is 0 Å². The van der Waals surface area contributed by atoms with Crippen LogP contribution in [0.15, 0.2) is 22.7 Å². The zero-order valence-corrected chi connectivity index (χ0v) is 8.38. The van der Waals surface area contributed by atoms with E-state index in [9.17, 15) is 4.39 Å². The molecule has 1 fully saturated rings. The largest absolute Gasteiger partial charge is 0.346 e. The zero-order chi connectivity index (χ0) is 9.26. The molecule has 0 amide bonds. The molecule has 0 aromatic heterocycles. The van der Waals surface area contributed by atoms with Crippen LogP contribution in [0.25, 0.3) is 0 Å². The van der Waals surface area contributed by atoms with Crippen molar-refractivity contribution in [2.45, 2.75) is 6.29 Å². The van der Waals surface area contributed by atoms with Gasteiger partial charge in [-0.15, -0.1) is 0 Å². The number of benzene rings is 1. The molecule has 70 valence electrons. The molecule has 0 atom stereocenters. The van der Waals surface area contributed by atoms with E-state index in [2.05, 4.69) is 15.9 Å². The van der Waals surface area contributed by atoms with Crippen LogP contribution in [0.4, 0.5) is 4.39 Å². The van der Waals surface area contributed by atoms with E-state index in [0.717, 1.165) is 0 Å². The topological polar surface area (TPSA) is 18.5 Å². The molecule has 2 rings (SSSR count). The van der Waals surface area contributed by atoms with E-state index in [1.54, 1.807) is 18.2 Å². The van der Waals surface area contributed by atoms with E-state index in [0.29, 0.717) is 23.2 Å². The predicted molar refractivity (Wildman–Crippen MR) is 48.7 cm³/mol. The second-order valence-electron chi connectivity index (χ2n) is 2.72. The van der Waals surface area contributed by atoms with Crippen LogP contribution >= 0.6 is 15.9 Å². The molecule has 1 saturated heterocycles. The highest BCUT2D eigenvalue weighted by molar-refractivity contribution is 9.10. The molecule has 0 spiro atoms. The highest BCUT2D eigenvalue weighted by atomic mass is 79.9. The fourth-order valence-corrected chi connectivity index (χ4v) is 1.62. The van der Waals surface area contributed by atoms with Gasteiger partial charge in [0.15, 0.2) is 6.29 Å². The fourth-order valence-electron chi connectivity index (χ4n) is 1.24. The maximum absolute atomic E-state index is 13.4. The van der Waals surface area contributed by atoms with Crippen LogP contribution < -0.4 is 0 Å². The lowest BCUT2D eigenvalue weighted by atomic mass is 10.2.